The van der Waals surface area contributed by atoms with Crippen LogP contribution in [-0.4, -0.2) is 53.6 Å². The number of hydrogen-bond donors (Lipinski definition) is 3. The van der Waals surface area contributed by atoms with Gasteiger partial charge in [-0.1, -0.05) is 6.08 Å². The number of carboxylic acid groups (broad SMARTS) is 1. The molecule has 3 N–H and O–H groups in total. The molecule has 1 aliphatic heterocycles. The summed E-state index contributed by atoms with van der Waals surface area (Å²) in [6.45, 7) is 6.05. The van der Waals surface area contributed by atoms with Crippen molar-refractivity contribution in [1.82, 2.24) is 15.5 Å². The fourth-order valence-corrected chi connectivity index (χ4v) is 2.12. The molecule has 1 rings (SSSR count). The highest BCUT2D eigenvalue weighted by Crippen LogP contribution is 2.23. The number of aliphatic carboxylic acids is 1. The molecule has 0 bridgehead atoms. The summed E-state index contributed by atoms with van der Waals surface area (Å²) >= 11 is 0. The van der Waals surface area contributed by atoms with E-state index in [9.17, 15) is 14.4 Å². The van der Waals surface area contributed by atoms with E-state index in [4.69, 9.17) is 5.11 Å². The molecule has 0 aromatic rings. The zero-order valence-corrected chi connectivity index (χ0v) is 10.9. The zero-order chi connectivity index (χ0) is 14.4. The summed E-state index contributed by atoms with van der Waals surface area (Å²) in [5, 5.41) is 13.6. The van der Waals surface area contributed by atoms with E-state index < -0.39 is 23.8 Å². The molecule has 0 aliphatic carbocycles. The number of carboxylic acids is 1. The SMILES string of the molecule is C=CCNC(=O)NC(=O)CN1CCC(C(=O)O)C1C. The molecule has 3 amide bonds. The van der Waals surface area contributed by atoms with Crippen LogP contribution in [0.2, 0.25) is 0 Å². The van der Waals surface area contributed by atoms with Gasteiger partial charge in [0.05, 0.1) is 12.5 Å². The minimum Gasteiger partial charge on any atom is -0.481 e. The lowest BCUT2D eigenvalue weighted by atomic mass is 10.0. The number of nitrogens with zero attached hydrogens (tertiary/aromatic N) is 1. The van der Waals surface area contributed by atoms with Crippen LogP contribution in [0, 0.1) is 5.92 Å². The average molecular weight is 269 g/mol. The maximum absolute atomic E-state index is 11.6. The molecule has 106 valence electrons. The van der Waals surface area contributed by atoms with Gasteiger partial charge in [-0.25, -0.2) is 4.79 Å². The maximum atomic E-state index is 11.6. The predicted molar refractivity (Wildman–Crippen MR) is 68.5 cm³/mol. The standard InChI is InChI=1S/C12H19N3O4/c1-3-5-13-12(19)14-10(16)7-15-6-4-9(8(15)2)11(17)18/h3,8-9H,1,4-7H2,2H3,(H,17,18)(H2,13,14,16,19). The van der Waals surface area contributed by atoms with E-state index in [1.807, 2.05) is 0 Å². The van der Waals surface area contributed by atoms with Crippen molar-refractivity contribution in [3.05, 3.63) is 12.7 Å². The van der Waals surface area contributed by atoms with Crippen LogP contribution in [0.4, 0.5) is 4.79 Å². The summed E-state index contributed by atoms with van der Waals surface area (Å²) in [6.07, 6.45) is 2.02. The van der Waals surface area contributed by atoms with Crippen LogP contribution in [0.5, 0.6) is 0 Å². The highest BCUT2D eigenvalue weighted by atomic mass is 16.4. The number of carbonyl (C=O) groups excluding carboxylic acids is 2. The smallest absolute Gasteiger partial charge is 0.321 e. The lowest BCUT2D eigenvalue weighted by Crippen LogP contribution is -2.46. The van der Waals surface area contributed by atoms with Crippen molar-refractivity contribution in [2.24, 2.45) is 5.92 Å². The summed E-state index contributed by atoms with van der Waals surface area (Å²) in [6, 6.07) is -0.786. The third kappa shape index (κ3) is 4.36. The number of rotatable bonds is 5. The molecule has 2 atom stereocenters. The van der Waals surface area contributed by atoms with Crippen LogP contribution < -0.4 is 10.6 Å². The lowest BCUT2D eigenvalue weighted by molar-refractivity contribution is -0.142. The second-order valence-corrected chi connectivity index (χ2v) is 4.49. The van der Waals surface area contributed by atoms with E-state index in [-0.39, 0.29) is 19.1 Å². The Bertz CT molecular complexity index is 383. The van der Waals surface area contributed by atoms with Crippen molar-refractivity contribution in [3.63, 3.8) is 0 Å². The fraction of sp³-hybridized carbons (Fsp3) is 0.583. The minimum atomic E-state index is -0.848. The highest BCUT2D eigenvalue weighted by Gasteiger charge is 2.36. The van der Waals surface area contributed by atoms with Crippen LogP contribution in [0.3, 0.4) is 0 Å². The van der Waals surface area contributed by atoms with Crippen molar-refractivity contribution in [2.75, 3.05) is 19.6 Å². The molecular weight excluding hydrogens is 250 g/mol. The molecule has 1 aliphatic rings. The summed E-state index contributed by atoms with van der Waals surface area (Å²) in [5.41, 5.74) is 0. The Balaban J connectivity index is 2.39. The Hall–Kier alpha value is -1.89. The van der Waals surface area contributed by atoms with Gasteiger partial charge in [0.1, 0.15) is 0 Å². The Kier molecular flexibility index (Phi) is 5.50. The Labute approximate surface area is 111 Å². The second-order valence-electron chi connectivity index (χ2n) is 4.49. The van der Waals surface area contributed by atoms with Crippen molar-refractivity contribution in [3.8, 4) is 0 Å². The Morgan fingerprint density at radius 2 is 2.16 bits per heavy atom. The van der Waals surface area contributed by atoms with Crippen molar-refractivity contribution < 1.29 is 19.5 Å². The monoisotopic (exact) mass is 269 g/mol. The largest absolute Gasteiger partial charge is 0.481 e. The van der Waals surface area contributed by atoms with Gasteiger partial charge in [0.25, 0.3) is 0 Å². The number of urea groups is 1. The van der Waals surface area contributed by atoms with E-state index >= 15 is 0 Å². The van der Waals surface area contributed by atoms with Crippen LogP contribution in [-0.2, 0) is 9.59 Å². The first-order chi connectivity index (χ1) is 8.95. The van der Waals surface area contributed by atoms with E-state index in [0.29, 0.717) is 13.0 Å². The van der Waals surface area contributed by atoms with E-state index in [1.165, 1.54) is 6.08 Å². The number of likely N-dealkylation sites (tertiary alicyclic amines) is 1. The number of imide groups is 1. The Morgan fingerprint density at radius 3 is 2.68 bits per heavy atom. The van der Waals surface area contributed by atoms with Gasteiger partial charge >= 0.3 is 12.0 Å². The van der Waals surface area contributed by atoms with Crippen LogP contribution in [0.15, 0.2) is 12.7 Å². The van der Waals surface area contributed by atoms with Gasteiger partial charge in [-0.3, -0.25) is 19.8 Å². The molecule has 0 aromatic carbocycles. The molecule has 7 nitrogen and oxygen atoms in total. The molecular formula is C12H19N3O4. The van der Waals surface area contributed by atoms with Gasteiger partial charge in [0.2, 0.25) is 5.91 Å². The first-order valence-corrected chi connectivity index (χ1v) is 6.11. The summed E-state index contributed by atoms with van der Waals surface area (Å²) < 4.78 is 0. The molecule has 0 aromatic heterocycles. The van der Waals surface area contributed by atoms with Crippen molar-refractivity contribution >= 4 is 17.9 Å². The molecule has 1 saturated heterocycles. The molecule has 0 saturated carbocycles. The number of amides is 3. The van der Waals surface area contributed by atoms with E-state index in [1.54, 1.807) is 11.8 Å². The van der Waals surface area contributed by atoms with Crippen molar-refractivity contribution in [1.29, 1.82) is 0 Å². The summed E-state index contributed by atoms with van der Waals surface area (Å²) in [7, 11) is 0. The summed E-state index contributed by atoms with van der Waals surface area (Å²) in [5.74, 6) is -1.75. The number of carbonyl (C=O) groups is 3. The fourth-order valence-electron chi connectivity index (χ4n) is 2.12. The zero-order valence-electron chi connectivity index (χ0n) is 10.9. The average Bonchev–Trinajstić information content (AvgIpc) is 2.68. The highest BCUT2D eigenvalue weighted by molar-refractivity contribution is 5.95. The van der Waals surface area contributed by atoms with Crippen LogP contribution in [0.25, 0.3) is 0 Å². The number of nitrogens with one attached hydrogen (secondary N) is 2. The molecule has 1 heterocycles. The third-order valence-corrected chi connectivity index (χ3v) is 3.21. The molecule has 0 radical (unpaired) electrons. The first-order valence-electron chi connectivity index (χ1n) is 6.11. The normalized spacial score (nSPS) is 22.8. The second kappa shape index (κ2) is 6.89. The van der Waals surface area contributed by atoms with Crippen LogP contribution >= 0.6 is 0 Å². The Morgan fingerprint density at radius 1 is 1.47 bits per heavy atom. The summed E-state index contributed by atoms with van der Waals surface area (Å²) in [4.78, 5) is 35.5. The quantitative estimate of drug-likeness (QED) is 0.600. The molecule has 0 spiro atoms. The van der Waals surface area contributed by atoms with Crippen LogP contribution in [0.1, 0.15) is 13.3 Å². The molecule has 7 heteroatoms. The van der Waals surface area contributed by atoms with Crippen molar-refractivity contribution in [2.45, 2.75) is 19.4 Å². The lowest BCUT2D eigenvalue weighted by Gasteiger charge is -2.21. The third-order valence-electron chi connectivity index (χ3n) is 3.21. The predicted octanol–water partition coefficient (Wildman–Crippen LogP) is -0.207. The van der Waals surface area contributed by atoms with Gasteiger partial charge in [-0.15, -0.1) is 6.58 Å². The minimum absolute atomic E-state index is 0.0203. The molecule has 1 fully saturated rings. The van der Waals surface area contributed by atoms with Gasteiger partial charge in [0.15, 0.2) is 0 Å². The van der Waals surface area contributed by atoms with Gasteiger partial charge in [0, 0.05) is 12.6 Å². The van der Waals surface area contributed by atoms with Gasteiger partial charge in [-0.2, -0.15) is 0 Å². The number of hydrogen-bond acceptors (Lipinski definition) is 4. The molecule has 19 heavy (non-hydrogen) atoms. The first kappa shape index (κ1) is 15.2. The van der Waals surface area contributed by atoms with Gasteiger partial charge in [-0.05, 0) is 19.9 Å². The molecule has 2 unspecified atom stereocenters. The van der Waals surface area contributed by atoms with E-state index in [0.717, 1.165) is 0 Å². The topological polar surface area (TPSA) is 98.7 Å². The van der Waals surface area contributed by atoms with E-state index in [2.05, 4.69) is 17.2 Å². The van der Waals surface area contributed by atoms with Gasteiger partial charge < -0.3 is 10.4 Å². The maximum Gasteiger partial charge on any atom is 0.321 e.